The maximum absolute atomic E-state index is 12.2. The molecule has 20 heavy (non-hydrogen) atoms. The van der Waals surface area contributed by atoms with E-state index in [1.165, 1.54) is 18.8 Å². The maximum Gasteiger partial charge on any atom is 0.345 e. The summed E-state index contributed by atoms with van der Waals surface area (Å²) in [5.74, 6) is 0.198. The highest BCUT2D eigenvalue weighted by atomic mass is 16.3. The van der Waals surface area contributed by atoms with Gasteiger partial charge < -0.3 is 14.3 Å². The van der Waals surface area contributed by atoms with Crippen LogP contribution in [0, 0.1) is 0 Å². The molecular weight excluding hydrogens is 260 g/mol. The summed E-state index contributed by atoms with van der Waals surface area (Å²) in [4.78, 5) is 35.3. The highest BCUT2D eigenvalue weighted by Crippen LogP contribution is 2.25. The van der Waals surface area contributed by atoms with Gasteiger partial charge in [0.2, 0.25) is 5.76 Å². The van der Waals surface area contributed by atoms with Crippen molar-refractivity contribution in [3.8, 4) is 0 Å². The molecule has 1 aliphatic heterocycles. The molecule has 0 bridgehead atoms. The zero-order valence-electron chi connectivity index (χ0n) is 10.8. The second kappa shape index (κ2) is 5.28. The first-order valence-electron chi connectivity index (χ1n) is 6.47. The number of amides is 1. The van der Waals surface area contributed by atoms with E-state index < -0.39 is 0 Å². The molecule has 7 heteroatoms. The van der Waals surface area contributed by atoms with Crippen molar-refractivity contribution in [2.24, 2.45) is 0 Å². The number of H-pyrrole nitrogens is 1. The zero-order chi connectivity index (χ0) is 13.9. The van der Waals surface area contributed by atoms with Crippen molar-refractivity contribution in [3.63, 3.8) is 0 Å². The Bertz CT molecular complexity index is 650. The summed E-state index contributed by atoms with van der Waals surface area (Å²) in [6, 6.07) is 1.79. The van der Waals surface area contributed by atoms with E-state index >= 15 is 0 Å². The van der Waals surface area contributed by atoms with Gasteiger partial charge in [-0.25, -0.2) is 14.8 Å². The fourth-order valence-electron chi connectivity index (χ4n) is 2.51. The molecule has 3 rings (SSSR count). The van der Waals surface area contributed by atoms with Gasteiger partial charge >= 0.3 is 5.69 Å². The van der Waals surface area contributed by atoms with Crippen molar-refractivity contribution in [2.75, 3.05) is 13.1 Å². The Morgan fingerprint density at radius 3 is 3.15 bits per heavy atom. The molecule has 1 fully saturated rings. The van der Waals surface area contributed by atoms with Crippen LogP contribution < -0.4 is 5.69 Å². The van der Waals surface area contributed by atoms with E-state index in [4.69, 9.17) is 4.42 Å². The number of carbonyl (C=O) groups excluding carboxylic acids is 1. The molecule has 0 radical (unpaired) electrons. The lowest BCUT2D eigenvalue weighted by atomic mass is 9.94. The topological polar surface area (TPSA) is 92.1 Å². The number of nitrogens with one attached hydrogen (secondary N) is 1. The smallest absolute Gasteiger partial charge is 0.345 e. The fraction of sp³-hybridized carbons (Fsp3) is 0.385. The quantitative estimate of drug-likeness (QED) is 0.873. The van der Waals surface area contributed by atoms with E-state index in [2.05, 4.69) is 15.0 Å². The first-order chi connectivity index (χ1) is 9.74. The Labute approximate surface area is 114 Å². The van der Waals surface area contributed by atoms with Gasteiger partial charge in [-0.15, -0.1) is 0 Å². The predicted octanol–water partition coefficient (Wildman–Crippen LogP) is 0.778. The monoisotopic (exact) mass is 274 g/mol. The van der Waals surface area contributed by atoms with Gasteiger partial charge in [-0.05, 0) is 18.9 Å². The number of likely N-dealkylation sites (tertiary alicyclic amines) is 1. The largest absolute Gasteiger partial charge is 0.438 e. The lowest BCUT2D eigenvalue weighted by Crippen LogP contribution is -2.39. The highest BCUT2D eigenvalue weighted by Gasteiger charge is 2.27. The molecule has 1 unspecified atom stereocenters. The number of aromatic nitrogens is 3. The second-order valence-corrected chi connectivity index (χ2v) is 4.79. The van der Waals surface area contributed by atoms with Gasteiger partial charge in [0, 0.05) is 30.9 Å². The summed E-state index contributed by atoms with van der Waals surface area (Å²) in [6.45, 7) is 1.24. The van der Waals surface area contributed by atoms with E-state index in [1.54, 1.807) is 11.0 Å². The second-order valence-electron chi connectivity index (χ2n) is 4.79. The van der Waals surface area contributed by atoms with Gasteiger partial charge in [0.05, 0.1) is 6.20 Å². The minimum Gasteiger partial charge on any atom is -0.438 e. The molecule has 1 aliphatic rings. The van der Waals surface area contributed by atoms with Crippen LogP contribution in [0.4, 0.5) is 0 Å². The molecule has 0 aromatic carbocycles. The first-order valence-corrected chi connectivity index (χ1v) is 6.47. The number of hydrogen-bond donors (Lipinski definition) is 1. The number of hydrogen-bond acceptors (Lipinski definition) is 5. The zero-order valence-corrected chi connectivity index (χ0v) is 10.8. The Morgan fingerprint density at radius 1 is 1.50 bits per heavy atom. The van der Waals surface area contributed by atoms with Crippen LogP contribution in [0.25, 0.3) is 0 Å². The highest BCUT2D eigenvalue weighted by molar-refractivity contribution is 5.91. The van der Waals surface area contributed by atoms with Crippen LogP contribution in [0.1, 0.15) is 35.0 Å². The number of carbonyl (C=O) groups is 1. The van der Waals surface area contributed by atoms with Crippen LogP contribution in [0.15, 0.2) is 34.1 Å². The summed E-state index contributed by atoms with van der Waals surface area (Å²) in [6.07, 6.45) is 5.97. The summed E-state index contributed by atoms with van der Waals surface area (Å²) < 4.78 is 5.04. The van der Waals surface area contributed by atoms with Crippen molar-refractivity contribution >= 4 is 5.91 Å². The number of aromatic amines is 1. The van der Waals surface area contributed by atoms with Crippen LogP contribution >= 0.6 is 0 Å². The Kier molecular flexibility index (Phi) is 3.32. The van der Waals surface area contributed by atoms with E-state index in [9.17, 15) is 9.59 Å². The minimum atomic E-state index is -0.360. The van der Waals surface area contributed by atoms with Crippen molar-refractivity contribution < 1.29 is 9.21 Å². The number of nitrogens with zero attached hydrogens (tertiary/aromatic N) is 3. The van der Waals surface area contributed by atoms with Crippen LogP contribution in [0.2, 0.25) is 0 Å². The van der Waals surface area contributed by atoms with Crippen LogP contribution in [0.3, 0.4) is 0 Å². The average molecular weight is 274 g/mol. The Hall–Kier alpha value is -2.44. The molecule has 0 saturated carbocycles. The molecule has 2 aromatic heterocycles. The summed E-state index contributed by atoms with van der Waals surface area (Å²) in [7, 11) is 0. The first kappa shape index (κ1) is 12.6. The van der Waals surface area contributed by atoms with Crippen molar-refractivity contribution in [1.82, 2.24) is 19.9 Å². The maximum atomic E-state index is 12.2. The number of rotatable bonds is 2. The molecule has 1 N–H and O–H groups in total. The molecule has 104 valence electrons. The van der Waals surface area contributed by atoms with Crippen molar-refractivity contribution in [3.05, 3.63) is 46.8 Å². The van der Waals surface area contributed by atoms with Crippen LogP contribution in [-0.4, -0.2) is 38.8 Å². The normalized spacial score (nSPS) is 19.0. The molecule has 2 aromatic rings. The molecule has 0 aliphatic carbocycles. The predicted molar refractivity (Wildman–Crippen MR) is 69.2 cm³/mol. The molecule has 0 spiro atoms. The average Bonchev–Trinajstić information content (AvgIpc) is 3.01. The van der Waals surface area contributed by atoms with Gasteiger partial charge in [-0.3, -0.25) is 4.79 Å². The number of piperidine rings is 1. The summed E-state index contributed by atoms with van der Waals surface area (Å²) >= 11 is 0. The molecule has 7 nitrogen and oxygen atoms in total. The SMILES string of the molecule is O=C(c1cnco1)N1CCCC(c2ccnc(=O)[nH]2)C1. The standard InChI is InChI=1S/C13H14N4O3/c18-12(11-6-14-8-20-11)17-5-1-2-9(7-17)10-3-4-15-13(19)16-10/h3-4,6,8-9H,1-2,5,7H2,(H,15,16,19). The third kappa shape index (κ3) is 2.47. The number of oxazole rings is 1. The van der Waals surface area contributed by atoms with Crippen LogP contribution in [0.5, 0.6) is 0 Å². The van der Waals surface area contributed by atoms with E-state index in [1.807, 2.05) is 0 Å². The molecular formula is C13H14N4O3. The van der Waals surface area contributed by atoms with E-state index in [0.29, 0.717) is 13.1 Å². The molecule has 3 heterocycles. The fourth-order valence-corrected chi connectivity index (χ4v) is 2.51. The van der Waals surface area contributed by atoms with E-state index in [0.717, 1.165) is 18.5 Å². The van der Waals surface area contributed by atoms with Gasteiger partial charge in [0.25, 0.3) is 5.91 Å². The summed E-state index contributed by atoms with van der Waals surface area (Å²) in [5.41, 5.74) is 0.459. The molecule has 1 saturated heterocycles. The lowest BCUT2D eigenvalue weighted by molar-refractivity contribution is 0.0673. The molecule has 1 amide bonds. The van der Waals surface area contributed by atoms with Gasteiger partial charge in [-0.2, -0.15) is 0 Å². The minimum absolute atomic E-state index is 0.117. The van der Waals surface area contributed by atoms with Gasteiger partial charge in [-0.1, -0.05) is 0 Å². The Balaban J connectivity index is 1.77. The third-order valence-corrected chi connectivity index (χ3v) is 3.49. The third-order valence-electron chi connectivity index (χ3n) is 3.49. The molecule has 1 atom stereocenters. The van der Waals surface area contributed by atoms with Crippen LogP contribution in [-0.2, 0) is 0 Å². The lowest BCUT2D eigenvalue weighted by Gasteiger charge is -2.32. The van der Waals surface area contributed by atoms with Crippen molar-refractivity contribution in [1.29, 1.82) is 0 Å². The van der Waals surface area contributed by atoms with Crippen molar-refractivity contribution in [2.45, 2.75) is 18.8 Å². The van der Waals surface area contributed by atoms with E-state index in [-0.39, 0.29) is 23.3 Å². The Morgan fingerprint density at radius 2 is 2.40 bits per heavy atom. The summed E-state index contributed by atoms with van der Waals surface area (Å²) in [5, 5.41) is 0. The van der Waals surface area contributed by atoms with Gasteiger partial charge in [0.1, 0.15) is 0 Å². The van der Waals surface area contributed by atoms with Gasteiger partial charge in [0.15, 0.2) is 6.39 Å².